The van der Waals surface area contributed by atoms with Gasteiger partial charge in [-0.25, -0.2) is 4.39 Å². The first kappa shape index (κ1) is 9.17. The molecule has 0 aliphatic carbocycles. The Bertz CT molecular complexity index is 522. The van der Waals surface area contributed by atoms with Crippen LogP contribution in [0.2, 0.25) is 0 Å². The first-order chi connectivity index (χ1) is 6.74. The monoisotopic (exact) mass is 205 g/mol. The summed E-state index contributed by atoms with van der Waals surface area (Å²) in [6, 6.07) is 5.73. The average Bonchev–Trinajstić information content (AvgIpc) is 2.62. The molecule has 0 spiro atoms. The van der Waals surface area contributed by atoms with E-state index in [0.29, 0.717) is 10.9 Å². The molecular weight excluding hydrogens is 197 g/mol. The van der Waals surface area contributed by atoms with E-state index in [4.69, 9.17) is 5.26 Å². The highest BCUT2D eigenvalue weighted by Gasteiger charge is 2.09. The van der Waals surface area contributed by atoms with Gasteiger partial charge in [-0.2, -0.15) is 5.26 Å². The van der Waals surface area contributed by atoms with Crippen LogP contribution in [0, 0.1) is 24.1 Å². The predicted molar refractivity (Wildman–Crippen MR) is 55.8 cm³/mol. The Morgan fingerprint density at radius 1 is 1.57 bits per heavy atom. The van der Waals surface area contributed by atoms with Gasteiger partial charge in [0.25, 0.3) is 0 Å². The van der Waals surface area contributed by atoms with E-state index in [1.807, 2.05) is 17.5 Å². The van der Waals surface area contributed by atoms with Gasteiger partial charge in [-0.1, -0.05) is 0 Å². The van der Waals surface area contributed by atoms with E-state index in [2.05, 4.69) is 0 Å². The summed E-state index contributed by atoms with van der Waals surface area (Å²) >= 11 is 1.50. The van der Waals surface area contributed by atoms with E-state index in [0.717, 1.165) is 10.3 Å². The van der Waals surface area contributed by atoms with Gasteiger partial charge in [-0.3, -0.25) is 0 Å². The van der Waals surface area contributed by atoms with Crippen molar-refractivity contribution in [3.63, 3.8) is 0 Å². The lowest BCUT2D eigenvalue weighted by molar-refractivity contribution is 0.629. The second-order valence-electron chi connectivity index (χ2n) is 3.14. The Balaban J connectivity index is 2.75. The van der Waals surface area contributed by atoms with Crippen molar-refractivity contribution in [3.8, 4) is 6.07 Å². The van der Waals surface area contributed by atoms with Crippen LogP contribution in [0.15, 0.2) is 17.5 Å². The number of rotatable bonds is 1. The Labute approximate surface area is 85.4 Å². The van der Waals surface area contributed by atoms with Gasteiger partial charge >= 0.3 is 0 Å². The molecule has 14 heavy (non-hydrogen) atoms. The SMILES string of the molecule is Cc1c(CC#N)cc2sccc2c1F. The number of hydrogen-bond acceptors (Lipinski definition) is 2. The van der Waals surface area contributed by atoms with E-state index in [-0.39, 0.29) is 12.2 Å². The minimum absolute atomic E-state index is 0.186. The zero-order valence-corrected chi connectivity index (χ0v) is 8.49. The molecule has 1 aromatic heterocycles. The number of halogens is 1. The molecule has 2 aromatic rings. The van der Waals surface area contributed by atoms with Gasteiger partial charge in [0.05, 0.1) is 12.5 Å². The lowest BCUT2D eigenvalue weighted by Gasteiger charge is -2.03. The van der Waals surface area contributed by atoms with Gasteiger partial charge in [0, 0.05) is 10.1 Å². The average molecular weight is 205 g/mol. The van der Waals surface area contributed by atoms with E-state index < -0.39 is 0 Å². The molecule has 0 bridgehead atoms. The van der Waals surface area contributed by atoms with Gasteiger partial charge in [-0.15, -0.1) is 11.3 Å². The number of hydrogen-bond donors (Lipinski definition) is 0. The summed E-state index contributed by atoms with van der Waals surface area (Å²) in [6.07, 6.45) is 0.274. The van der Waals surface area contributed by atoms with E-state index in [9.17, 15) is 4.39 Å². The first-order valence-corrected chi connectivity index (χ1v) is 5.14. The Morgan fingerprint density at radius 2 is 2.36 bits per heavy atom. The van der Waals surface area contributed by atoms with Crippen LogP contribution in [0.1, 0.15) is 11.1 Å². The van der Waals surface area contributed by atoms with Crippen LogP contribution in [0.5, 0.6) is 0 Å². The van der Waals surface area contributed by atoms with E-state index in [1.54, 1.807) is 13.0 Å². The number of thiophene rings is 1. The standard InChI is InChI=1S/C11H8FNS/c1-7-8(2-4-13)6-10-9(11(7)12)3-5-14-10/h3,5-6H,2H2,1H3. The van der Waals surface area contributed by atoms with Crippen LogP contribution in [-0.2, 0) is 6.42 Å². The second kappa shape index (κ2) is 3.39. The minimum Gasteiger partial charge on any atom is -0.206 e. The lowest BCUT2D eigenvalue weighted by Crippen LogP contribution is -1.91. The molecule has 0 unspecified atom stereocenters. The molecule has 3 heteroatoms. The zero-order valence-electron chi connectivity index (χ0n) is 7.67. The van der Waals surface area contributed by atoms with Crippen molar-refractivity contribution in [2.75, 3.05) is 0 Å². The van der Waals surface area contributed by atoms with Gasteiger partial charge in [0.15, 0.2) is 0 Å². The molecule has 0 saturated carbocycles. The molecule has 0 aliphatic heterocycles. The van der Waals surface area contributed by atoms with Gasteiger partial charge in [0.2, 0.25) is 0 Å². The Morgan fingerprint density at radius 3 is 3.07 bits per heavy atom. The van der Waals surface area contributed by atoms with Gasteiger partial charge in [-0.05, 0) is 35.6 Å². The van der Waals surface area contributed by atoms with Crippen LogP contribution >= 0.6 is 11.3 Å². The van der Waals surface area contributed by atoms with Crippen LogP contribution in [-0.4, -0.2) is 0 Å². The smallest absolute Gasteiger partial charge is 0.135 e. The van der Waals surface area contributed by atoms with Crippen molar-refractivity contribution in [2.24, 2.45) is 0 Å². The summed E-state index contributed by atoms with van der Waals surface area (Å²) in [7, 11) is 0. The third-order valence-electron chi connectivity index (χ3n) is 2.32. The van der Waals surface area contributed by atoms with Crippen molar-refractivity contribution in [2.45, 2.75) is 13.3 Å². The van der Waals surface area contributed by atoms with Crippen LogP contribution in [0.4, 0.5) is 4.39 Å². The Hall–Kier alpha value is -1.40. The molecule has 2 rings (SSSR count). The molecule has 0 radical (unpaired) electrons. The fourth-order valence-electron chi connectivity index (χ4n) is 1.49. The summed E-state index contributed by atoms with van der Waals surface area (Å²) in [5.41, 5.74) is 1.39. The topological polar surface area (TPSA) is 23.8 Å². The molecule has 0 fully saturated rings. The van der Waals surface area contributed by atoms with Gasteiger partial charge in [0.1, 0.15) is 5.82 Å². The molecule has 0 N–H and O–H groups in total. The maximum absolute atomic E-state index is 13.7. The molecule has 1 aromatic carbocycles. The van der Waals surface area contributed by atoms with Crippen molar-refractivity contribution in [1.29, 1.82) is 5.26 Å². The van der Waals surface area contributed by atoms with Crippen molar-refractivity contribution >= 4 is 21.4 Å². The van der Waals surface area contributed by atoms with E-state index in [1.165, 1.54) is 11.3 Å². The van der Waals surface area contributed by atoms with Crippen LogP contribution < -0.4 is 0 Å². The van der Waals surface area contributed by atoms with Crippen LogP contribution in [0.25, 0.3) is 10.1 Å². The molecule has 0 amide bonds. The highest BCUT2D eigenvalue weighted by atomic mass is 32.1. The maximum Gasteiger partial charge on any atom is 0.135 e. The molecule has 0 saturated heterocycles. The highest BCUT2D eigenvalue weighted by Crippen LogP contribution is 2.28. The van der Waals surface area contributed by atoms with Crippen molar-refractivity contribution < 1.29 is 4.39 Å². The minimum atomic E-state index is -0.186. The molecular formula is C11H8FNS. The molecule has 0 aliphatic rings. The van der Waals surface area contributed by atoms with Crippen molar-refractivity contribution in [1.82, 2.24) is 0 Å². The summed E-state index contributed by atoms with van der Waals surface area (Å²) in [6.45, 7) is 1.72. The fourth-order valence-corrected chi connectivity index (χ4v) is 2.34. The lowest BCUT2D eigenvalue weighted by atomic mass is 10.0. The zero-order chi connectivity index (χ0) is 10.1. The maximum atomic E-state index is 13.7. The second-order valence-corrected chi connectivity index (χ2v) is 4.09. The summed E-state index contributed by atoms with van der Waals surface area (Å²) in [5.74, 6) is -0.186. The normalized spacial score (nSPS) is 10.4. The molecule has 70 valence electrons. The number of fused-ring (bicyclic) bond motifs is 1. The van der Waals surface area contributed by atoms with Crippen LogP contribution in [0.3, 0.4) is 0 Å². The molecule has 1 nitrogen and oxygen atoms in total. The third kappa shape index (κ3) is 1.28. The van der Waals surface area contributed by atoms with E-state index >= 15 is 0 Å². The quantitative estimate of drug-likeness (QED) is 0.699. The first-order valence-electron chi connectivity index (χ1n) is 4.26. The molecule has 1 heterocycles. The highest BCUT2D eigenvalue weighted by molar-refractivity contribution is 7.17. The fraction of sp³-hybridized carbons (Fsp3) is 0.182. The third-order valence-corrected chi connectivity index (χ3v) is 3.18. The number of nitriles is 1. The summed E-state index contributed by atoms with van der Waals surface area (Å²) in [4.78, 5) is 0. The van der Waals surface area contributed by atoms with Gasteiger partial charge < -0.3 is 0 Å². The predicted octanol–water partition coefficient (Wildman–Crippen LogP) is 3.41. The van der Waals surface area contributed by atoms with Crippen molar-refractivity contribution in [3.05, 3.63) is 34.5 Å². The number of nitrogens with zero attached hydrogens (tertiary/aromatic N) is 1. The Kier molecular flexibility index (Phi) is 2.22. The number of benzene rings is 1. The summed E-state index contributed by atoms with van der Waals surface area (Å²) < 4.78 is 14.6. The summed E-state index contributed by atoms with van der Waals surface area (Å²) in [5, 5.41) is 11.1. The largest absolute Gasteiger partial charge is 0.206 e. The molecule has 0 atom stereocenters.